The Kier molecular flexibility index (Phi) is 5.18. The van der Waals surface area contributed by atoms with Crippen molar-refractivity contribution in [3.8, 4) is 0 Å². The lowest BCUT2D eigenvalue weighted by atomic mass is 9.80. The van der Waals surface area contributed by atoms with Gasteiger partial charge >= 0.3 is 0 Å². The maximum atomic E-state index is 4.64. The van der Waals surface area contributed by atoms with Crippen molar-refractivity contribution in [3.63, 3.8) is 0 Å². The largest absolute Gasteiger partial charge is 0.307 e. The molecular weight excluding hydrogens is 208 g/mol. The normalized spacial score (nSPS) is 24.3. The number of hydrogen-bond acceptors (Lipinski definition) is 2. The van der Waals surface area contributed by atoms with E-state index in [1.165, 1.54) is 12.8 Å². The average molecular weight is 236 g/mol. The van der Waals surface area contributed by atoms with Gasteiger partial charge in [0.2, 0.25) is 0 Å². The molecule has 1 aliphatic rings. The predicted octanol–water partition coefficient (Wildman–Crippen LogP) is 3.64. The molecule has 0 bridgehead atoms. The number of aliphatic imine (C=N–C) groups is 1. The van der Waals surface area contributed by atoms with Gasteiger partial charge < -0.3 is 5.32 Å². The van der Waals surface area contributed by atoms with Crippen molar-refractivity contribution in [1.29, 1.82) is 0 Å². The second-order valence-electron chi connectivity index (χ2n) is 6.55. The molecule has 17 heavy (non-hydrogen) atoms. The van der Waals surface area contributed by atoms with E-state index in [1.807, 2.05) is 0 Å². The number of rotatable bonds is 5. The molecule has 0 atom stereocenters. The lowest BCUT2D eigenvalue weighted by molar-refractivity contribution is 0.164. The van der Waals surface area contributed by atoms with Crippen molar-refractivity contribution >= 4 is 6.21 Å². The average Bonchev–Trinajstić information content (AvgIpc) is 2.12. The molecule has 0 aromatic heterocycles. The van der Waals surface area contributed by atoms with Crippen molar-refractivity contribution in [2.45, 2.75) is 83.3 Å². The molecule has 0 amide bonds. The molecule has 2 radical (unpaired) electrons. The van der Waals surface area contributed by atoms with E-state index in [0.29, 0.717) is 6.04 Å². The van der Waals surface area contributed by atoms with Crippen LogP contribution in [0.25, 0.3) is 0 Å². The molecule has 0 aromatic rings. The minimum absolute atomic E-state index is 0.185. The highest BCUT2D eigenvalue weighted by molar-refractivity contribution is 5.57. The van der Waals surface area contributed by atoms with Crippen LogP contribution in [0.3, 0.4) is 0 Å². The Bertz CT molecular complexity index is 238. The van der Waals surface area contributed by atoms with Crippen molar-refractivity contribution in [3.05, 3.63) is 6.92 Å². The Balaban J connectivity index is 2.42. The summed E-state index contributed by atoms with van der Waals surface area (Å²) in [5, 5.41) is 3.68. The highest BCUT2D eigenvalue weighted by Crippen LogP contribution is 2.30. The number of nitrogens with one attached hydrogen (secondary N) is 1. The molecule has 0 saturated carbocycles. The summed E-state index contributed by atoms with van der Waals surface area (Å²) < 4.78 is 0. The van der Waals surface area contributed by atoms with Crippen molar-refractivity contribution < 1.29 is 0 Å². The number of piperidine rings is 1. The summed E-state index contributed by atoms with van der Waals surface area (Å²) in [4.78, 5) is 4.64. The Morgan fingerprint density at radius 1 is 1.18 bits per heavy atom. The summed E-state index contributed by atoms with van der Waals surface area (Å²) >= 11 is 0. The monoisotopic (exact) mass is 236 g/mol. The number of unbranched alkanes of at least 4 members (excludes halogenated alkanes) is 3. The Morgan fingerprint density at radius 2 is 1.76 bits per heavy atom. The van der Waals surface area contributed by atoms with Gasteiger partial charge in [-0.1, -0.05) is 19.8 Å². The Morgan fingerprint density at radius 3 is 2.29 bits per heavy atom. The molecule has 1 fully saturated rings. The molecule has 0 spiro atoms. The maximum Gasteiger partial charge on any atom is 0.0561 e. The Hall–Kier alpha value is -0.370. The zero-order valence-corrected chi connectivity index (χ0v) is 12.0. The van der Waals surface area contributed by atoms with E-state index >= 15 is 0 Å². The third kappa shape index (κ3) is 5.67. The van der Waals surface area contributed by atoms with Crippen molar-refractivity contribution in [1.82, 2.24) is 5.32 Å². The summed E-state index contributed by atoms with van der Waals surface area (Å²) in [7, 11) is 0. The molecule has 2 heteroatoms. The fourth-order valence-corrected chi connectivity index (χ4v) is 2.93. The quantitative estimate of drug-likeness (QED) is 0.572. The van der Waals surface area contributed by atoms with E-state index < -0.39 is 0 Å². The molecular formula is C15H28N2. The molecule has 2 nitrogen and oxygen atoms in total. The first-order valence-corrected chi connectivity index (χ1v) is 6.86. The van der Waals surface area contributed by atoms with E-state index in [9.17, 15) is 0 Å². The van der Waals surface area contributed by atoms with Crippen molar-refractivity contribution in [2.24, 2.45) is 4.99 Å². The lowest BCUT2D eigenvalue weighted by Gasteiger charge is -2.45. The van der Waals surface area contributed by atoms with Crippen LogP contribution in [0.15, 0.2) is 4.99 Å². The zero-order chi connectivity index (χ0) is 12.9. The highest BCUT2D eigenvalue weighted by Gasteiger charge is 2.37. The summed E-state index contributed by atoms with van der Waals surface area (Å²) in [6.07, 6.45) is 9.82. The summed E-state index contributed by atoms with van der Waals surface area (Å²) in [5.74, 6) is 0. The summed E-state index contributed by atoms with van der Waals surface area (Å²) in [5.41, 5.74) is 0.371. The van der Waals surface area contributed by atoms with Crippen LogP contribution in [0, 0.1) is 6.92 Å². The van der Waals surface area contributed by atoms with Crippen LogP contribution in [-0.2, 0) is 0 Å². The van der Waals surface area contributed by atoms with Gasteiger partial charge in [-0.05, 0) is 53.4 Å². The molecule has 1 heterocycles. The van der Waals surface area contributed by atoms with E-state index in [2.05, 4.69) is 51.1 Å². The van der Waals surface area contributed by atoms with E-state index in [1.54, 1.807) is 0 Å². The molecule has 0 aliphatic carbocycles. The zero-order valence-electron chi connectivity index (χ0n) is 12.0. The summed E-state index contributed by atoms with van der Waals surface area (Å²) in [6.45, 7) is 12.9. The van der Waals surface area contributed by atoms with Gasteiger partial charge in [0.1, 0.15) is 0 Å². The van der Waals surface area contributed by atoms with Crippen LogP contribution < -0.4 is 5.32 Å². The molecule has 98 valence electrons. The first-order chi connectivity index (χ1) is 7.85. The second kappa shape index (κ2) is 5.99. The second-order valence-corrected chi connectivity index (χ2v) is 6.55. The predicted molar refractivity (Wildman–Crippen MR) is 75.6 cm³/mol. The highest BCUT2D eigenvalue weighted by atomic mass is 15.1. The van der Waals surface area contributed by atoms with Gasteiger partial charge in [0.15, 0.2) is 0 Å². The smallest absolute Gasteiger partial charge is 0.0561 e. The minimum atomic E-state index is 0.185. The minimum Gasteiger partial charge on any atom is -0.307 e. The standard InChI is InChI=1S/C15H28N2/c1-6-7-8-9-10-16-13-11-14(2,3)17-15(4,5)12-13/h13,17H,1,6-9,11-12H2,2-5H3. The van der Waals surface area contributed by atoms with Crippen LogP contribution in [0.5, 0.6) is 0 Å². The summed E-state index contributed by atoms with van der Waals surface area (Å²) in [6, 6.07) is 0.431. The molecule has 0 unspecified atom stereocenters. The topological polar surface area (TPSA) is 24.4 Å². The number of hydrogen-bond donors (Lipinski definition) is 1. The van der Waals surface area contributed by atoms with Gasteiger partial charge in [-0.15, -0.1) is 0 Å². The van der Waals surface area contributed by atoms with Gasteiger partial charge in [0.05, 0.1) is 12.3 Å². The molecule has 1 N–H and O–H groups in total. The third-order valence-corrected chi connectivity index (χ3v) is 3.23. The van der Waals surface area contributed by atoms with Crippen LogP contribution >= 0.6 is 0 Å². The van der Waals surface area contributed by atoms with Gasteiger partial charge in [-0.3, -0.25) is 4.99 Å². The van der Waals surface area contributed by atoms with Gasteiger partial charge in [-0.25, -0.2) is 0 Å². The lowest BCUT2D eigenvalue weighted by Crippen LogP contribution is -2.58. The van der Waals surface area contributed by atoms with E-state index in [-0.39, 0.29) is 11.1 Å². The van der Waals surface area contributed by atoms with E-state index in [0.717, 1.165) is 25.7 Å². The van der Waals surface area contributed by atoms with E-state index in [4.69, 9.17) is 0 Å². The van der Waals surface area contributed by atoms with Crippen LogP contribution in [0.1, 0.15) is 66.2 Å². The fourth-order valence-electron chi connectivity index (χ4n) is 2.93. The molecule has 1 aliphatic heterocycles. The van der Waals surface area contributed by atoms with Crippen LogP contribution in [0.2, 0.25) is 0 Å². The SMILES string of the molecule is [CH2]CCCC/[C]=N/C1CC(C)(C)NC(C)(C)C1. The first-order valence-electron chi connectivity index (χ1n) is 6.86. The third-order valence-electron chi connectivity index (χ3n) is 3.23. The first kappa shape index (κ1) is 14.7. The van der Waals surface area contributed by atoms with Crippen LogP contribution in [0.4, 0.5) is 0 Å². The fraction of sp³-hybridized carbons (Fsp3) is 0.867. The molecule has 1 saturated heterocycles. The van der Waals surface area contributed by atoms with Gasteiger partial charge in [0, 0.05) is 11.1 Å². The molecule has 0 aromatic carbocycles. The number of nitrogens with zero attached hydrogens (tertiary/aromatic N) is 1. The van der Waals surface area contributed by atoms with Gasteiger partial charge in [-0.2, -0.15) is 0 Å². The van der Waals surface area contributed by atoms with Crippen molar-refractivity contribution in [2.75, 3.05) is 0 Å². The molecule has 1 rings (SSSR count). The van der Waals surface area contributed by atoms with Gasteiger partial charge in [0.25, 0.3) is 0 Å². The maximum absolute atomic E-state index is 4.64. The Labute approximate surface area is 107 Å². The van der Waals surface area contributed by atoms with Crippen LogP contribution in [-0.4, -0.2) is 23.3 Å².